The highest BCUT2D eigenvalue weighted by atomic mass is 19.1. The fourth-order valence-corrected chi connectivity index (χ4v) is 4.99. The standard InChI is InChI=1S/C25H39FN8/c1-4-20(21-11-8-14-27-21)30-25-32-23(28-16-17-9-6-5-7-10-17)31-24(33-25)29-18-12-13-22(34(2)3)19(26)15-18/h12-13,15,17,20-21,27H,4-11,14,16H2,1-3H3,(H3,28,29,30,31,32,33). The number of nitrogens with zero attached hydrogens (tertiary/aromatic N) is 4. The second-order valence-corrected chi connectivity index (χ2v) is 9.74. The van der Waals surface area contributed by atoms with Crippen LogP contribution in [0.25, 0.3) is 0 Å². The van der Waals surface area contributed by atoms with E-state index >= 15 is 0 Å². The monoisotopic (exact) mass is 470 g/mol. The van der Waals surface area contributed by atoms with Crippen molar-refractivity contribution in [1.29, 1.82) is 0 Å². The van der Waals surface area contributed by atoms with E-state index in [0.717, 1.165) is 25.9 Å². The van der Waals surface area contributed by atoms with Crippen molar-refractivity contribution < 1.29 is 4.39 Å². The highest BCUT2D eigenvalue weighted by molar-refractivity contribution is 5.61. The van der Waals surface area contributed by atoms with E-state index in [0.29, 0.717) is 41.2 Å². The predicted molar refractivity (Wildman–Crippen MR) is 138 cm³/mol. The van der Waals surface area contributed by atoms with Gasteiger partial charge in [-0.05, 0) is 62.8 Å². The topological polar surface area (TPSA) is 90.0 Å². The Labute approximate surface area is 202 Å². The predicted octanol–water partition coefficient (Wildman–Crippen LogP) is 4.76. The lowest BCUT2D eigenvalue weighted by Crippen LogP contribution is -2.40. The molecular weight excluding hydrogens is 431 g/mol. The molecule has 0 amide bonds. The van der Waals surface area contributed by atoms with Crippen molar-refractivity contribution >= 4 is 29.2 Å². The lowest BCUT2D eigenvalue weighted by Gasteiger charge is -2.24. The molecule has 34 heavy (non-hydrogen) atoms. The van der Waals surface area contributed by atoms with Gasteiger partial charge in [0.15, 0.2) is 0 Å². The van der Waals surface area contributed by atoms with E-state index < -0.39 is 0 Å². The molecule has 1 saturated carbocycles. The Hall–Kier alpha value is -2.68. The van der Waals surface area contributed by atoms with E-state index in [1.165, 1.54) is 44.6 Å². The van der Waals surface area contributed by atoms with Gasteiger partial charge >= 0.3 is 0 Å². The normalized spacial score (nSPS) is 19.6. The van der Waals surface area contributed by atoms with Crippen LogP contribution in [0.4, 0.5) is 33.6 Å². The summed E-state index contributed by atoms with van der Waals surface area (Å²) < 4.78 is 14.5. The smallest absolute Gasteiger partial charge is 0.233 e. The van der Waals surface area contributed by atoms with Gasteiger partial charge < -0.3 is 26.2 Å². The molecule has 2 unspecified atom stereocenters. The summed E-state index contributed by atoms with van der Waals surface area (Å²) in [5.41, 5.74) is 1.14. The Kier molecular flexibility index (Phi) is 8.37. The highest BCUT2D eigenvalue weighted by Crippen LogP contribution is 2.26. The Morgan fingerprint density at radius 3 is 2.47 bits per heavy atom. The van der Waals surface area contributed by atoms with Gasteiger partial charge in [0, 0.05) is 38.4 Å². The first-order valence-electron chi connectivity index (χ1n) is 12.8. The molecule has 2 fully saturated rings. The van der Waals surface area contributed by atoms with Gasteiger partial charge in [-0.1, -0.05) is 26.2 Å². The largest absolute Gasteiger partial charge is 0.375 e. The van der Waals surface area contributed by atoms with E-state index in [1.807, 2.05) is 20.2 Å². The summed E-state index contributed by atoms with van der Waals surface area (Å²) in [6.07, 6.45) is 9.72. The lowest BCUT2D eigenvalue weighted by atomic mass is 9.89. The first kappa shape index (κ1) is 24.4. The molecule has 2 aromatic rings. The van der Waals surface area contributed by atoms with Gasteiger partial charge in [-0.2, -0.15) is 15.0 Å². The number of hydrogen-bond donors (Lipinski definition) is 4. The van der Waals surface area contributed by atoms with E-state index in [4.69, 9.17) is 0 Å². The first-order valence-corrected chi connectivity index (χ1v) is 12.8. The van der Waals surface area contributed by atoms with Crippen LogP contribution in [0.2, 0.25) is 0 Å². The lowest BCUT2D eigenvalue weighted by molar-refractivity contribution is 0.373. The molecule has 1 saturated heterocycles. The van der Waals surface area contributed by atoms with Crippen LogP contribution < -0.4 is 26.2 Å². The Morgan fingerprint density at radius 2 is 1.79 bits per heavy atom. The Bertz CT molecular complexity index is 925. The van der Waals surface area contributed by atoms with E-state index in [1.54, 1.807) is 11.0 Å². The molecule has 1 aliphatic heterocycles. The Morgan fingerprint density at radius 1 is 1.03 bits per heavy atom. The van der Waals surface area contributed by atoms with Gasteiger partial charge in [0.25, 0.3) is 0 Å². The van der Waals surface area contributed by atoms with Crippen LogP contribution in [0.15, 0.2) is 18.2 Å². The summed E-state index contributed by atoms with van der Waals surface area (Å²) in [4.78, 5) is 15.7. The summed E-state index contributed by atoms with van der Waals surface area (Å²) in [5.74, 6) is 1.84. The molecule has 4 rings (SSSR count). The van der Waals surface area contributed by atoms with Crippen LogP contribution in [-0.4, -0.2) is 54.2 Å². The third-order valence-corrected chi connectivity index (χ3v) is 6.93. The fraction of sp³-hybridized carbons (Fsp3) is 0.640. The van der Waals surface area contributed by atoms with Crippen LogP contribution in [0, 0.1) is 11.7 Å². The molecule has 8 nitrogen and oxygen atoms in total. The third kappa shape index (κ3) is 6.46. The number of aromatic nitrogens is 3. The minimum absolute atomic E-state index is 0.237. The molecule has 0 spiro atoms. The number of rotatable bonds is 10. The van der Waals surface area contributed by atoms with Crippen LogP contribution in [0.5, 0.6) is 0 Å². The highest BCUT2D eigenvalue weighted by Gasteiger charge is 2.24. The average molecular weight is 471 g/mol. The van der Waals surface area contributed by atoms with E-state index in [2.05, 4.69) is 43.1 Å². The van der Waals surface area contributed by atoms with Crippen LogP contribution >= 0.6 is 0 Å². The zero-order valence-corrected chi connectivity index (χ0v) is 20.7. The van der Waals surface area contributed by atoms with Gasteiger partial charge in [0.05, 0.1) is 5.69 Å². The molecule has 9 heteroatoms. The number of anilines is 5. The van der Waals surface area contributed by atoms with Crippen molar-refractivity contribution in [3.63, 3.8) is 0 Å². The van der Waals surface area contributed by atoms with Crippen LogP contribution in [-0.2, 0) is 0 Å². The molecule has 2 aliphatic rings. The SMILES string of the molecule is CCC(Nc1nc(NCC2CCCCC2)nc(Nc2ccc(N(C)C)c(F)c2)n1)C1CCCN1. The molecule has 186 valence electrons. The number of nitrogens with one attached hydrogen (secondary N) is 4. The summed E-state index contributed by atoms with van der Waals surface area (Å²) in [6, 6.07) is 5.70. The van der Waals surface area contributed by atoms with Crippen molar-refractivity contribution in [1.82, 2.24) is 20.3 Å². The number of hydrogen-bond acceptors (Lipinski definition) is 8. The Balaban J connectivity index is 1.53. The van der Waals surface area contributed by atoms with Crippen molar-refractivity contribution in [2.24, 2.45) is 5.92 Å². The minimum atomic E-state index is -0.295. The summed E-state index contributed by atoms with van der Waals surface area (Å²) in [6.45, 7) is 4.08. The third-order valence-electron chi connectivity index (χ3n) is 6.93. The quantitative estimate of drug-likeness (QED) is 0.395. The van der Waals surface area contributed by atoms with Crippen molar-refractivity contribution in [2.45, 2.75) is 70.4 Å². The minimum Gasteiger partial charge on any atom is -0.375 e. The number of benzene rings is 1. The van der Waals surface area contributed by atoms with Gasteiger partial charge in [0.2, 0.25) is 17.8 Å². The fourth-order valence-electron chi connectivity index (χ4n) is 4.99. The summed E-state index contributed by atoms with van der Waals surface area (Å²) in [7, 11) is 3.64. The maximum Gasteiger partial charge on any atom is 0.233 e. The van der Waals surface area contributed by atoms with Crippen LogP contribution in [0.1, 0.15) is 58.3 Å². The second kappa shape index (κ2) is 11.6. The maximum absolute atomic E-state index is 14.5. The number of halogens is 1. The second-order valence-electron chi connectivity index (χ2n) is 9.74. The summed E-state index contributed by atoms with van der Waals surface area (Å²) >= 11 is 0. The first-order chi connectivity index (χ1) is 16.5. The molecule has 0 radical (unpaired) electrons. The molecule has 4 N–H and O–H groups in total. The average Bonchev–Trinajstić information content (AvgIpc) is 3.36. The molecule has 2 heterocycles. The zero-order chi connectivity index (χ0) is 23.9. The molecule has 1 aromatic carbocycles. The van der Waals surface area contributed by atoms with E-state index in [-0.39, 0.29) is 11.9 Å². The van der Waals surface area contributed by atoms with E-state index in [9.17, 15) is 4.39 Å². The van der Waals surface area contributed by atoms with Crippen molar-refractivity contribution in [3.05, 3.63) is 24.0 Å². The van der Waals surface area contributed by atoms with Crippen molar-refractivity contribution in [3.8, 4) is 0 Å². The van der Waals surface area contributed by atoms with Gasteiger partial charge in [-0.25, -0.2) is 4.39 Å². The molecule has 0 bridgehead atoms. The molecule has 1 aromatic heterocycles. The summed E-state index contributed by atoms with van der Waals surface area (Å²) in [5, 5.41) is 13.7. The zero-order valence-electron chi connectivity index (χ0n) is 20.7. The van der Waals surface area contributed by atoms with Crippen molar-refractivity contribution in [2.75, 3.05) is 48.0 Å². The van der Waals surface area contributed by atoms with Gasteiger partial charge in [0.1, 0.15) is 5.82 Å². The van der Waals surface area contributed by atoms with Gasteiger partial charge in [-0.15, -0.1) is 0 Å². The molecule has 1 aliphatic carbocycles. The molecule has 2 atom stereocenters. The molecular formula is C25H39FN8. The maximum atomic E-state index is 14.5. The van der Waals surface area contributed by atoms with Gasteiger partial charge in [-0.3, -0.25) is 0 Å². The van der Waals surface area contributed by atoms with Crippen LogP contribution in [0.3, 0.4) is 0 Å².